The second-order valence-corrected chi connectivity index (χ2v) is 16.1. The topological polar surface area (TPSA) is 115 Å². The number of aliphatic hydroxyl groups is 1. The first-order valence-electron chi connectivity index (χ1n) is 17.1. The second-order valence-electron chi connectivity index (χ2n) is 15.3. The molecule has 0 amide bonds. The van der Waals surface area contributed by atoms with Crippen molar-refractivity contribution in [1.82, 2.24) is 24.9 Å². The normalized spacial score (nSPS) is 15.8. The van der Waals surface area contributed by atoms with Gasteiger partial charge >= 0.3 is 0 Å². The number of aliphatic hydroxyl groups excluding tert-OH is 1. The molecule has 5 aromatic rings. The first-order chi connectivity index (χ1) is 24.1. The number of fused-ring (bicyclic) bond motifs is 1. The molecule has 2 aromatic heterocycles. The molecule has 0 bridgehead atoms. The third kappa shape index (κ3) is 7.97. The summed E-state index contributed by atoms with van der Waals surface area (Å²) in [6.45, 7) is 14.7. The number of nitriles is 1. The molecule has 2 unspecified atom stereocenters. The maximum atomic E-state index is 14.0. The van der Waals surface area contributed by atoms with E-state index >= 15 is 0 Å². The van der Waals surface area contributed by atoms with Gasteiger partial charge in [-0.05, 0) is 80.5 Å². The molecule has 1 aliphatic heterocycles. The van der Waals surface area contributed by atoms with E-state index in [4.69, 9.17) is 23.2 Å². The number of hydrogen-bond acceptors (Lipinski definition) is 8. The quantitative estimate of drug-likeness (QED) is 0.145. The number of likely N-dealkylation sites (tertiary alicyclic amines) is 1. The van der Waals surface area contributed by atoms with Crippen molar-refractivity contribution >= 4 is 51.2 Å². The predicted molar refractivity (Wildman–Crippen MR) is 202 cm³/mol. The summed E-state index contributed by atoms with van der Waals surface area (Å²) in [5.41, 5.74) is 4.46. The zero-order valence-corrected chi connectivity index (χ0v) is 31.2. The van der Waals surface area contributed by atoms with Crippen LogP contribution >= 0.6 is 23.2 Å². The molecule has 51 heavy (non-hydrogen) atoms. The molecule has 266 valence electrons. The van der Waals surface area contributed by atoms with Gasteiger partial charge in [0.05, 0.1) is 51.2 Å². The van der Waals surface area contributed by atoms with Crippen LogP contribution < -0.4 is 10.6 Å². The number of rotatable bonds is 8. The first kappa shape index (κ1) is 36.5. The number of anilines is 3. The van der Waals surface area contributed by atoms with Crippen LogP contribution in [0.2, 0.25) is 10.0 Å². The molecule has 3 aromatic carbocycles. The summed E-state index contributed by atoms with van der Waals surface area (Å²) in [6.07, 6.45) is 4.70. The van der Waals surface area contributed by atoms with Crippen LogP contribution in [0.5, 0.6) is 0 Å². The van der Waals surface area contributed by atoms with Crippen molar-refractivity contribution in [3.63, 3.8) is 0 Å². The Balaban J connectivity index is 1.41. The summed E-state index contributed by atoms with van der Waals surface area (Å²) >= 11 is 12.9. The van der Waals surface area contributed by atoms with Crippen LogP contribution in [0.15, 0.2) is 67.0 Å². The van der Waals surface area contributed by atoms with Gasteiger partial charge in [0.1, 0.15) is 17.6 Å². The molecule has 1 fully saturated rings. The van der Waals surface area contributed by atoms with E-state index in [1.807, 2.05) is 62.0 Å². The van der Waals surface area contributed by atoms with Crippen molar-refractivity contribution in [2.75, 3.05) is 23.7 Å². The van der Waals surface area contributed by atoms with Crippen molar-refractivity contribution in [2.24, 2.45) is 5.41 Å². The predicted octanol–water partition coefficient (Wildman–Crippen LogP) is 9.60. The lowest BCUT2D eigenvalue weighted by molar-refractivity contribution is 0.0626. The van der Waals surface area contributed by atoms with Gasteiger partial charge < -0.3 is 15.7 Å². The largest absolute Gasteiger partial charge is 0.388 e. The number of benzene rings is 3. The smallest absolute Gasteiger partial charge is 0.141 e. The van der Waals surface area contributed by atoms with Crippen LogP contribution in [0.3, 0.4) is 0 Å². The molecular formula is C39H43Cl2FN8O. The van der Waals surface area contributed by atoms with E-state index in [0.29, 0.717) is 38.7 Å². The molecule has 6 rings (SSSR count). The number of halogens is 3. The van der Waals surface area contributed by atoms with E-state index < -0.39 is 18.0 Å². The van der Waals surface area contributed by atoms with E-state index in [9.17, 15) is 14.8 Å². The van der Waals surface area contributed by atoms with E-state index in [1.165, 1.54) is 18.3 Å². The summed E-state index contributed by atoms with van der Waals surface area (Å²) in [4.78, 5) is 6.99. The first-order valence-corrected chi connectivity index (χ1v) is 17.8. The summed E-state index contributed by atoms with van der Waals surface area (Å²) in [6, 6.07) is 17.7. The molecule has 0 radical (unpaired) electrons. The third-order valence-corrected chi connectivity index (χ3v) is 10.1. The van der Waals surface area contributed by atoms with Gasteiger partial charge in [0.15, 0.2) is 0 Å². The van der Waals surface area contributed by atoms with Gasteiger partial charge in [-0.2, -0.15) is 5.26 Å². The Bertz CT molecular complexity index is 2090. The zero-order chi connectivity index (χ0) is 36.7. The lowest BCUT2D eigenvalue weighted by atomic mass is 9.84. The molecule has 0 saturated carbocycles. The maximum Gasteiger partial charge on any atom is 0.141 e. The lowest BCUT2D eigenvalue weighted by Gasteiger charge is -2.40. The maximum absolute atomic E-state index is 14.0. The Morgan fingerprint density at radius 1 is 0.961 bits per heavy atom. The van der Waals surface area contributed by atoms with Gasteiger partial charge in [-0.15, -0.1) is 5.10 Å². The Hall–Kier alpha value is -4.27. The van der Waals surface area contributed by atoms with Gasteiger partial charge in [-0.1, -0.05) is 73.5 Å². The molecule has 0 aliphatic carbocycles. The molecule has 3 N–H and O–H groups in total. The summed E-state index contributed by atoms with van der Waals surface area (Å²) < 4.78 is 15.9. The molecule has 2 atom stereocenters. The zero-order valence-electron chi connectivity index (χ0n) is 29.7. The van der Waals surface area contributed by atoms with E-state index in [1.54, 1.807) is 12.1 Å². The number of nitrogens with zero attached hydrogens (tertiary/aromatic N) is 6. The van der Waals surface area contributed by atoms with Crippen molar-refractivity contribution in [3.8, 4) is 6.07 Å². The van der Waals surface area contributed by atoms with Crippen LogP contribution in [0.1, 0.15) is 95.0 Å². The van der Waals surface area contributed by atoms with Gasteiger partial charge in [-0.25, -0.2) is 9.07 Å². The van der Waals surface area contributed by atoms with Crippen LogP contribution in [-0.2, 0) is 0 Å². The fraction of sp³-hybridized carbons (Fsp3) is 0.385. The lowest BCUT2D eigenvalue weighted by Crippen LogP contribution is -2.46. The summed E-state index contributed by atoms with van der Waals surface area (Å²) in [5, 5.41) is 38.3. The standard InChI is InChI=1S/C39H43Cl2FN8O/c1-38(2,3)37(51)24-9-7-8-23(16-24)35(33-22-50(48-47-33)28-12-14-49(15-13-28)39(4,5)6)46-27-17-29-34(45-26-10-11-32(42)30(40)18-26)25(20-43)21-44-36(29)31(41)19-27/h7-11,16-19,21-22,28,35,37,46,51H,12-15H2,1-6H3,(H,44,45). The minimum absolute atomic E-state index is 0.0493. The number of piperidine rings is 1. The number of nitrogens with one attached hydrogen (secondary N) is 2. The monoisotopic (exact) mass is 728 g/mol. The molecule has 3 heterocycles. The van der Waals surface area contributed by atoms with E-state index in [2.05, 4.69) is 57.7 Å². The second kappa shape index (κ2) is 14.4. The Labute approximate surface area is 308 Å². The number of pyridine rings is 1. The minimum Gasteiger partial charge on any atom is -0.388 e. The highest BCUT2D eigenvalue weighted by atomic mass is 35.5. The van der Waals surface area contributed by atoms with E-state index in [-0.39, 0.29) is 27.6 Å². The molecule has 1 aliphatic rings. The van der Waals surface area contributed by atoms with Gasteiger partial charge in [-0.3, -0.25) is 9.88 Å². The van der Waals surface area contributed by atoms with Crippen LogP contribution in [-0.4, -0.2) is 48.6 Å². The van der Waals surface area contributed by atoms with Crippen LogP contribution in [0, 0.1) is 22.6 Å². The fourth-order valence-corrected chi connectivity index (χ4v) is 7.03. The molecule has 1 saturated heterocycles. The Morgan fingerprint density at radius 2 is 1.67 bits per heavy atom. The average Bonchev–Trinajstić information content (AvgIpc) is 3.58. The van der Waals surface area contributed by atoms with Gasteiger partial charge in [0.25, 0.3) is 0 Å². The van der Waals surface area contributed by atoms with Crippen molar-refractivity contribution in [1.29, 1.82) is 5.26 Å². The SMILES string of the molecule is CC(C)(C)C(O)c1cccc(C(Nc2cc(Cl)c3ncc(C#N)c(Nc4ccc(F)c(Cl)c4)c3c2)c2cn(C3CCN(C(C)(C)C)CC3)nn2)c1. The third-order valence-electron chi connectivity index (χ3n) is 9.54. The number of hydrogen-bond donors (Lipinski definition) is 3. The Kier molecular flexibility index (Phi) is 10.3. The molecule has 12 heteroatoms. The van der Waals surface area contributed by atoms with Crippen LogP contribution in [0.4, 0.5) is 21.5 Å². The van der Waals surface area contributed by atoms with Gasteiger partial charge in [0, 0.05) is 41.6 Å². The van der Waals surface area contributed by atoms with Crippen LogP contribution in [0.25, 0.3) is 10.9 Å². The highest BCUT2D eigenvalue weighted by Crippen LogP contribution is 2.39. The highest BCUT2D eigenvalue weighted by Gasteiger charge is 2.30. The average molecular weight is 730 g/mol. The van der Waals surface area contributed by atoms with Gasteiger partial charge in [0.2, 0.25) is 0 Å². The van der Waals surface area contributed by atoms with Crippen molar-refractivity contribution in [2.45, 2.75) is 78.1 Å². The molecule has 9 nitrogen and oxygen atoms in total. The molecular weight excluding hydrogens is 686 g/mol. The highest BCUT2D eigenvalue weighted by molar-refractivity contribution is 6.36. The summed E-state index contributed by atoms with van der Waals surface area (Å²) in [5.74, 6) is -0.547. The van der Waals surface area contributed by atoms with E-state index in [0.717, 1.165) is 37.1 Å². The summed E-state index contributed by atoms with van der Waals surface area (Å²) in [7, 11) is 0. The van der Waals surface area contributed by atoms with Crippen molar-refractivity contribution < 1.29 is 9.50 Å². The minimum atomic E-state index is -0.694. The molecule has 0 spiro atoms. The number of aromatic nitrogens is 4. The fourth-order valence-electron chi connectivity index (χ4n) is 6.59. The van der Waals surface area contributed by atoms with Crippen molar-refractivity contribution in [3.05, 3.63) is 105 Å². The Morgan fingerprint density at radius 3 is 2.33 bits per heavy atom.